The first-order valence-electron chi connectivity index (χ1n) is 4.90. The monoisotopic (exact) mass is 259 g/mol. The molecule has 2 aromatic carbocycles. The van der Waals surface area contributed by atoms with Gasteiger partial charge >= 0.3 is 0 Å². The van der Waals surface area contributed by atoms with Gasteiger partial charge < -0.3 is 5.73 Å². The highest BCUT2D eigenvalue weighted by molar-refractivity contribution is 9.09. The maximum Gasteiger partial charge on any atom is 0.0657 e. The molecular formula is C13H10BrN. The van der Waals surface area contributed by atoms with E-state index >= 15 is 0 Å². The zero-order valence-corrected chi connectivity index (χ0v) is 9.66. The molecule has 2 aromatic rings. The van der Waals surface area contributed by atoms with E-state index in [-0.39, 0.29) is 4.83 Å². The molecule has 0 heterocycles. The van der Waals surface area contributed by atoms with Gasteiger partial charge in [-0.3, -0.25) is 0 Å². The molecule has 1 atom stereocenters. The van der Waals surface area contributed by atoms with Crippen LogP contribution in [-0.4, -0.2) is 0 Å². The Morgan fingerprint density at radius 2 is 1.67 bits per heavy atom. The Balaban J connectivity index is 2.32. The minimum atomic E-state index is 0.284. The van der Waals surface area contributed by atoms with Crippen molar-refractivity contribution in [3.05, 3.63) is 53.6 Å². The van der Waals surface area contributed by atoms with E-state index in [1.165, 1.54) is 22.3 Å². The number of alkyl halides is 1. The fraction of sp³-hybridized carbons (Fsp3) is 0.0769. The maximum atomic E-state index is 5.81. The van der Waals surface area contributed by atoms with E-state index in [2.05, 4.69) is 52.3 Å². The van der Waals surface area contributed by atoms with Crippen LogP contribution >= 0.6 is 15.9 Å². The predicted octanol–water partition coefficient (Wildman–Crippen LogP) is 3.73. The average molecular weight is 260 g/mol. The summed E-state index contributed by atoms with van der Waals surface area (Å²) in [5, 5.41) is 0. The van der Waals surface area contributed by atoms with E-state index in [4.69, 9.17) is 5.73 Å². The molecule has 0 saturated carbocycles. The second kappa shape index (κ2) is 3.11. The van der Waals surface area contributed by atoms with Crippen LogP contribution in [0.5, 0.6) is 0 Å². The van der Waals surface area contributed by atoms with E-state index in [1.54, 1.807) is 0 Å². The lowest BCUT2D eigenvalue weighted by molar-refractivity contribution is 1.25. The van der Waals surface area contributed by atoms with Gasteiger partial charge in [0.15, 0.2) is 0 Å². The van der Waals surface area contributed by atoms with Gasteiger partial charge in [-0.05, 0) is 34.4 Å². The van der Waals surface area contributed by atoms with Crippen LogP contribution in [0.1, 0.15) is 16.0 Å². The third-order valence-corrected chi connectivity index (χ3v) is 3.86. The van der Waals surface area contributed by atoms with Crippen LogP contribution < -0.4 is 5.73 Å². The zero-order chi connectivity index (χ0) is 10.4. The lowest BCUT2D eigenvalue weighted by Gasteiger charge is -2.04. The molecule has 0 bridgehead atoms. The summed E-state index contributed by atoms with van der Waals surface area (Å²) in [5.74, 6) is 0. The second-order valence-corrected chi connectivity index (χ2v) is 4.71. The summed E-state index contributed by atoms with van der Waals surface area (Å²) in [5.41, 5.74) is 11.8. The molecule has 1 aliphatic carbocycles. The van der Waals surface area contributed by atoms with Crippen LogP contribution in [-0.2, 0) is 0 Å². The van der Waals surface area contributed by atoms with Crippen LogP contribution in [0.3, 0.4) is 0 Å². The van der Waals surface area contributed by atoms with Crippen molar-refractivity contribution < 1.29 is 0 Å². The Morgan fingerprint density at radius 1 is 0.933 bits per heavy atom. The normalized spacial score (nSPS) is 17.3. The summed E-state index contributed by atoms with van der Waals surface area (Å²) < 4.78 is 0. The third-order valence-electron chi connectivity index (χ3n) is 2.87. The van der Waals surface area contributed by atoms with E-state index in [0.717, 1.165) is 5.69 Å². The summed E-state index contributed by atoms with van der Waals surface area (Å²) >= 11 is 3.71. The molecule has 74 valence electrons. The molecular weight excluding hydrogens is 250 g/mol. The van der Waals surface area contributed by atoms with Gasteiger partial charge in [-0.1, -0.05) is 46.3 Å². The van der Waals surface area contributed by atoms with Gasteiger partial charge in [0.1, 0.15) is 0 Å². The van der Waals surface area contributed by atoms with Crippen molar-refractivity contribution in [1.82, 2.24) is 0 Å². The first-order valence-corrected chi connectivity index (χ1v) is 5.82. The topological polar surface area (TPSA) is 26.0 Å². The Kier molecular flexibility index (Phi) is 1.86. The first-order chi connectivity index (χ1) is 7.27. The van der Waals surface area contributed by atoms with Crippen LogP contribution in [0.15, 0.2) is 42.5 Å². The van der Waals surface area contributed by atoms with Crippen LogP contribution in [0.2, 0.25) is 0 Å². The van der Waals surface area contributed by atoms with E-state index < -0.39 is 0 Å². The number of nitrogen functional groups attached to an aromatic ring is 1. The van der Waals surface area contributed by atoms with Crippen molar-refractivity contribution in [3.8, 4) is 11.1 Å². The molecule has 0 amide bonds. The Labute approximate surface area is 97.1 Å². The third kappa shape index (κ3) is 1.21. The van der Waals surface area contributed by atoms with Gasteiger partial charge in [-0.2, -0.15) is 0 Å². The standard InChI is InChI=1S/C13H10BrN/c14-13-11-4-2-1-3-9(11)10-6-5-8(15)7-12(10)13/h1-7,13H,15H2. The SMILES string of the molecule is Nc1ccc2c(c1)C(Br)c1ccccc1-2. The number of anilines is 1. The molecule has 0 aromatic heterocycles. The Hall–Kier alpha value is -1.28. The molecule has 0 saturated heterocycles. The van der Waals surface area contributed by atoms with Crippen LogP contribution in [0.4, 0.5) is 5.69 Å². The number of benzene rings is 2. The smallest absolute Gasteiger partial charge is 0.0657 e. The van der Waals surface area contributed by atoms with Gasteiger partial charge in [0.05, 0.1) is 4.83 Å². The summed E-state index contributed by atoms with van der Waals surface area (Å²) in [6, 6.07) is 14.6. The van der Waals surface area contributed by atoms with Crippen molar-refractivity contribution in [2.24, 2.45) is 0 Å². The fourth-order valence-electron chi connectivity index (χ4n) is 2.17. The number of fused-ring (bicyclic) bond motifs is 3. The number of hydrogen-bond donors (Lipinski definition) is 1. The molecule has 1 unspecified atom stereocenters. The van der Waals surface area contributed by atoms with Crippen LogP contribution in [0.25, 0.3) is 11.1 Å². The molecule has 0 spiro atoms. The fourth-order valence-corrected chi connectivity index (χ4v) is 2.95. The molecule has 2 heteroatoms. The number of rotatable bonds is 0. The van der Waals surface area contributed by atoms with Crippen molar-refractivity contribution >= 4 is 21.6 Å². The van der Waals surface area contributed by atoms with Gasteiger partial charge in [0, 0.05) is 5.69 Å². The predicted molar refractivity (Wildman–Crippen MR) is 67.1 cm³/mol. The van der Waals surface area contributed by atoms with Gasteiger partial charge in [0.25, 0.3) is 0 Å². The van der Waals surface area contributed by atoms with Gasteiger partial charge in [-0.15, -0.1) is 0 Å². The molecule has 2 N–H and O–H groups in total. The van der Waals surface area contributed by atoms with E-state index in [1.807, 2.05) is 6.07 Å². The van der Waals surface area contributed by atoms with E-state index in [0.29, 0.717) is 0 Å². The number of halogens is 1. The molecule has 0 aliphatic heterocycles. The van der Waals surface area contributed by atoms with Crippen molar-refractivity contribution in [2.45, 2.75) is 4.83 Å². The Bertz CT molecular complexity index is 534. The second-order valence-electron chi connectivity index (χ2n) is 3.80. The quantitative estimate of drug-likeness (QED) is 0.566. The Morgan fingerprint density at radius 3 is 2.53 bits per heavy atom. The molecule has 0 fully saturated rings. The largest absolute Gasteiger partial charge is 0.399 e. The zero-order valence-electron chi connectivity index (χ0n) is 8.07. The van der Waals surface area contributed by atoms with Gasteiger partial charge in [-0.25, -0.2) is 0 Å². The summed E-state index contributed by atoms with van der Waals surface area (Å²) in [7, 11) is 0. The lowest BCUT2D eigenvalue weighted by atomic mass is 10.1. The number of nitrogens with two attached hydrogens (primary N) is 1. The molecule has 1 aliphatic rings. The van der Waals surface area contributed by atoms with Gasteiger partial charge in [0.2, 0.25) is 0 Å². The molecule has 3 rings (SSSR count). The summed E-state index contributed by atoms with van der Waals surface area (Å²) in [6.45, 7) is 0. The molecule has 0 radical (unpaired) electrons. The number of hydrogen-bond acceptors (Lipinski definition) is 1. The summed E-state index contributed by atoms with van der Waals surface area (Å²) in [4.78, 5) is 0.284. The molecule has 15 heavy (non-hydrogen) atoms. The first kappa shape index (κ1) is 8.98. The van der Waals surface area contributed by atoms with Crippen molar-refractivity contribution in [2.75, 3.05) is 5.73 Å². The maximum absolute atomic E-state index is 5.81. The van der Waals surface area contributed by atoms with Crippen molar-refractivity contribution in [3.63, 3.8) is 0 Å². The minimum absolute atomic E-state index is 0.284. The minimum Gasteiger partial charge on any atom is -0.399 e. The van der Waals surface area contributed by atoms with Crippen molar-refractivity contribution in [1.29, 1.82) is 0 Å². The highest BCUT2D eigenvalue weighted by Gasteiger charge is 2.25. The highest BCUT2D eigenvalue weighted by atomic mass is 79.9. The van der Waals surface area contributed by atoms with E-state index in [9.17, 15) is 0 Å². The lowest BCUT2D eigenvalue weighted by Crippen LogP contribution is -1.89. The summed E-state index contributed by atoms with van der Waals surface area (Å²) in [6.07, 6.45) is 0. The molecule has 1 nitrogen and oxygen atoms in total. The van der Waals surface area contributed by atoms with Crippen LogP contribution in [0, 0.1) is 0 Å². The highest BCUT2D eigenvalue weighted by Crippen LogP contribution is 2.48. The average Bonchev–Trinajstić information content (AvgIpc) is 2.54.